The van der Waals surface area contributed by atoms with Crippen molar-refractivity contribution in [1.29, 1.82) is 0 Å². The molecule has 0 aromatic heterocycles. The molecule has 28 heavy (non-hydrogen) atoms. The molecule has 1 aromatic carbocycles. The highest BCUT2D eigenvalue weighted by Crippen LogP contribution is 2.29. The van der Waals surface area contributed by atoms with E-state index in [1.807, 2.05) is 4.90 Å². The van der Waals surface area contributed by atoms with Crippen LogP contribution < -0.4 is 9.80 Å². The number of hydrogen-bond donors (Lipinski definition) is 0. The summed E-state index contributed by atoms with van der Waals surface area (Å²) in [6, 6.07) is 10.0. The third kappa shape index (κ3) is 4.36. The summed E-state index contributed by atoms with van der Waals surface area (Å²) < 4.78 is 0. The summed E-state index contributed by atoms with van der Waals surface area (Å²) in [5.41, 5.74) is 2.35. The van der Waals surface area contributed by atoms with Gasteiger partial charge in [0.25, 0.3) is 0 Å². The fraction of sp³-hybridized carbons (Fsp3) is 0.696. The molecule has 0 saturated carbocycles. The molecule has 0 atom stereocenters. The molecular weight excluding hydrogens is 348 g/mol. The van der Waals surface area contributed by atoms with Crippen LogP contribution in [0.3, 0.4) is 0 Å². The molecular formula is C23H36N4O. The highest BCUT2D eigenvalue weighted by molar-refractivity contribution is 5.95. The Kier molecular flexibility index (Phi) is 6.22. The van der Waals surface area contributed by atoms with E-state index in [4.69, 9.17) is 0 Å². The van der Waals surface area contributed by atoms with Crippen molar-refractivity contribution in [2.45, 2.75) is 58.0 Å². The fourth-order valence-electron chi connectivity index (χ4n) is 5.11. The van der Waals surface area contributed by atoms with E-state index in [1.54, 1.807) is 0 Å². The van der Waals surface area contributed by atoms with Crippen molar-refractivity contribution in [3.63, 3.8) is 0 Å². The molecule has 0 aliphatic carbocycles. The zero-order valence-electron chi connectivity index (χ0n) is 17.6. The number of hydrogen-bond acceptors (Lipinski definition) is 4. The summed E-state index contributed by atoms with van der Waals surface area (Å²) in [4.78, 5) is 21.9. The highest BCUT2D eigenvalue weighted by atomic mass is 16.2. The van der Waals surface area contributed by atoms with E-state index in [2.05, 4.69) is 52.8 Å². The second kappa shape index (κ2) is 8.83. The molecule has 0 N–H and O–H groups in total. The molecule has 154 valence electrons. The molecule has 1 amide bonds. The van der Waals surface area contributed by atoms with Gasteiger partial charge in [-0.2, -0.15) is 0 Å². The summed E-state index contributed by atoms with van der Waals surface area (Å²) >= 11 is 0. The van der Waals surface area contributed by atoms with E-state index in [-0.39, 0.29) is 5.91 Å². The van der Waals surface area contributed by atoms with Crippen LogP contribution in [0, 0.1) is 0 Å². The van der Waals surface area contributed by atoms with Crippen LogP contribution in [0.15, 0.2) is 24.3 Å². The summed E-state index contributed by atoms with van der Waals surface area (Å²) in [6.45, 7) is 12.7. The molecule has 3 aliphatic rings. The first-order valence-corrected chi connectivity index (χ1v) is 11.3. The van der Waals surface area contributed by atoms with Gasteiger partial charge in [-0.15, -0.1) is 0 Å². The van der Waals surface area contributed by atoms with Crippen LogP contribution in [0.25, 0.3) is 0 Å². The second-order valence-electron chi connectivity index (χ2n) is 8.91. The summed E-state index contributed by atoms with van der Waals surface area (Å²) in [7, 11) is 0. The topological polar surface area (TPSA) is 30.0 Å². The maximum absolute atomic E-state index is 12.1. The molecule has 1 aromatic rings. The molecule has 0 unspecified atom stereocenters. The van der Waals surface area contributed by atoms with Crippen molar-refractivity contribution in [3.05, 3.63) is 24.3 Å². The molecule has 5 nitrogen and oxygen atoms in total. The number of nitrogens with zero attached hydrogens (tertiary/aromatic N) is 4. The lowest BCUT2D eigenvalue weighted by Gasteiger charge is -2.39. The molecule has 0 bridgehead atoms. The van der Waals surface area contributed by atoms with Gasteiger partial charge in [-0.25, -0.2) is 0 Å². The minimum absolute atomic E-state index is 0.271. The van der Waals surface area contributed by atoms with Gasteiger partial charge in [0.1, 0.15) is 0 Å². The van der Waals surface area contributed by atoms with Crippen molar-refractivity contribution in [3.8, 4) is 0 Å². The van der Waals surface area contributed by atoms with Crippen LogP contribution in [0.4, 0.5) is 11.4 Å². The number of carbonyl (C=O) groups excluding carboxylic acids is 1. The van der Waals surface area contributed by atoms with E-state index in [9.17, 15) is 4.79 Å². The van der Waals surface area contributed by atoms with Gasteiger partial charge in [0.15, 0.2) is 0 Å². The molecule has 0 radical (unpaired) electrons. The monoisotopic (exact) mass is 384 g/mol. The maximum Gasteiger partial charge on any atom is 0.227 e. The van der Waals surface area contributed by atoms with E-state index in [1.165, 1.54) is 51.1 Å². The molecule has 3 heterocycles. The van der Waals surface area contributed by atoms with Gasteiger partial charge in [0.2, 0.25) is 5.91 Å². The van der Waals surface area contributed by atoms with Gasteiger partial charge in [0.05, 0.1) is 0 Å². The Hall–Kier alpha value is -1.59. The Morgan fingerprint density at radius 3 is 2.39 bits per heavy atom. The van der Waals surface area contributed by atoms with Gasteiger partial charge in [-0.05, 0) is 70.8 Å². The number of benzene rings is 1. The first-order chi connectivity index (χ1) is 13.6. The van der Waals surface area contributed by atoms with Crippen LogP contribution in [-0.4, -0.2) is 73.6 Å². The summed E-state index contributed by atoms with van der Waals surface area (Å²) in [5.74, 6) is 0.271. The molecule has 0 spiro atoms. The van der Waals surface area contributed by atoms with Crippen molar-refractivity contribution >= 4 is 17.3 Å². The smallest absolute Gasteiger partial charge is 0.227 e. The third-order valence-electron chi connectivity index (χ3n) is 6.86. The van der Waals surface area contributed by atoms with Gasteiger partial charge in [-0.3, -0.25) is 14.6 Å². The van der Waals surface area contributed by atoms with Gasteiger partial charge in [-0.1, -0.05) is 6.07 Å². The normalized spacial score (nSPS) is 23.6. The predicted molar refractivity (Wildman–Crippen MR) is 116 cm³/mol. The molecule has 5 heteroatoms. The first kappa shape index (κ1) is 19.7. The quantitative estimate of drug-likeness (QED) is 0.797. The standard InChI is InChI=1S/C23H36N4O/c1-19(2)24-11-5-12-25(17-16-24)20-9-14-26(15-10-20)21-6-3-7-22(18-21)27-13-4-8-23(27)28/h3,6-7,18-20H,4-5,8-17H2,1-2H3. The number of carbonyl (C=O) groups is 1. The Morgan fingerprint density at radius 1 is 0.893 bits per heavy atom. The Balaban J connectivity index is 1.34. The Bertz CT molecular complexity index is 668. The van der Waals surface area contributed by atoms with Crippen molar-refractivity contribution in [2.75, 3.05) is 55.6 Å². The molecule has 4 rings (SSSR count). The average Bonchev–Trinajstić information content (AvgIpc) is 2.99. The lowest BCUT2D eigenvalue weighted by molar-refractivity contribution is -0.117. The van der Waals surface area contributed by atoms with Crippen molar-refractivity contribution < 1.29 is 4.79 Å². The van der Waals surface area contributed by atoms with E-state index in [0.717, 1.165) is 37.8 Å². The van der Waals surface area contributed by atoms with E-state index < -0.39 is 0 Å². The number of anilines is 2. The third-order valence-corrected chi connectivity index (χ3v) is 6.86. The number of amides is 1. The lowest BCUT2D eigenvalue weighted by atomic mass is 10.0. The van der Waals surface area contributed by atoms with Gasteiger partial charge < -0.3 is 9.80 Å². The summed E-state index contributed by atoms with van der Waals surface area (Å²) in [5, 5.41) is 0. The maximum atomic E-state index is 12.1. The molecule has 3 fully saturated rings. The number of rotatable bonds is 4. The minimum Gasteiger partial charge on any atom is -0.371 e. The van der Waals surface area contributed by atoms with Crippen molar-refractivity contribution in [2.24, 2.45) is 0 Å². The SMILES string of the molecule is CC(C)N1CCCN(C2CCN(c3cccc(N4CCCC4=O)c3)CC2)CC1. The predicted octanol–water partition coefficient (Wildman–Crippen LogP) is 3.20. The van der Waals surface area contributed by atoms with Crippen LogP contribution >= 0.6 is 0 Å². The average molecular weight is 385 g/mol. The van der Waals surface area contributed by atoms with E-state index >= 15 is 0 Å². The lowest BCUT2D eigenvalue weighted by Crippen LogP contribution is -2.46. The van der Waals surface area contributed by atoms with Gasteiger partial charge in [0, 0.05) is 62.6 Å². The van der Waals surface area contributed by atoms with Gasteiger partial charge >= 0.3 is 0 Å². The zero-order valence-corrected chi connectivity index (χ0v) is 17.6. The van der Waals surface area contributed by atoms with Crippen LogP contribution in [0.2, 0.25) is 0 Å². The minimum atomic E-state index is 0.271. The van der Waals surface area contributed by atoms with Crippen LogP contribution in [-0.2, 0) is 4.79 Å². The van der Waals surface area contributed by atoms with Crippen LogP contribution in [0.1, 0.15) is 46.0 Å². The summed E-state index contributed by atoms with van der Waals surface area (Å²) in [6.07, 6.45) is 5.46. The van der Waals surface area contributed by atoms with Crippen molar-refractivity contribution in [1.82, 2.24) is 9.80 Å². The largest absolute Gasteiger partial charge is 0.371 e. The zero-order chi connectivity index (χ0) is 19.5. The fourth-order valence-corrected chi connectivity index (χ4v) is 5.11. The molecule has 3 saturated heterocycles. The second-order valence-corrected chi connectivity index (χ2v) is 8.91. The van der Waals surface area contributed by atoms with Crippen LogP contribution in [0.5, 0.6) is 0 Å². The Labute approximate surface area is 170 Å². The molecule has 3 aliphatic heterocycles. The Morgan fingerprint density at radius 2 is 1.68 bits per heavy atom. The number of piperidine rings is 1. The highest BCUT2D eigenvalue weighted by Gasteiger charge is 2.27. The van der Waals surface area contributed by atoms with E-state index in [0.29, 0.717) is 12.5 Å². The first-order valence-electron chi connectivity index (χ1n) is 11.3.